The van der Waals surface area contributed by atoms with Gasteiger partial charge in [-0.15, -0.1) is 0 Å². The van der Waals surface area contributed by atoms with Gasteiger partial charge < -0.3 is 5.73 Å². The standard InChI is InChI=1S/C12H14IN3S/c13-10-6-2-1-3-4(6)9-8(10)5(2)7(3)11(9)15-16-12(14)17/h2-10H,1H2,(H3,14,16,17)/b15-11-. The number of nitrogens with zero attached hydrogens (tertiary/aromatic N) is 1. The van der Waals surface area contributed by atoms with E-state index in [4.69, 9.17) is 18.0 Å². The molecule has 0 heterocycles. The summed E-state index contributed by atoms with van der Waals surface area (Å²) in [6, 6.07) is 0. The van der Waals surface area contributed by atoms with E-state index in [9.17, 15) is 0 Å². The van der Waals surface area contributed by atoms with Gasteiger partial charge in [0.25, 0.3) is 0 Å². The van der Waals surface area contributed by atoms with Crippen molar-refractivity contribution in [2.45, 2.75) is 10.3 Å². The van der Waals surface area contributed by atoms with Crippen molar-refractivity contribution in [3.63, 3.8) is 0 Å². The zero-order valence-electron chi connectivity index (χ0n) is 9.21. The molecule has 6 bridgehead atoms. The number of hydrogen-bond acceptors (Lipinski definition) is 2. The second kappa shape index (κ2) is 2.81. The minimum atomic E-state index is 0.307. The maximum absolute atomic E-state index is 5.50. The van der Waals surface area contributed by atoms with Gasteiger partial charge in [-0.1, -0.05) is 22.6 Å². The molecule has 0 aromatic carbocycles. The molecule has 6 aliphatic rings. The van der Waals surface area contributed by atoms with Crippen LogP contribution in [0.3, 0.4) is 0 Å². The summed E-state index contributed by atoms with van der Waals surface area (Å²) < 4.78 is 0.921. The molecule has 6 aliphatic carbocycles. The first-order valence-electron chi connectivity index (χ1n) is 6.47. The van der Waals surface area contributed by atoms with E-state index in [0.29, 0.717) is 5.11 Å². The lowest BCUT2D eigenvalue weighted by atomic mass is 9.71. The molecular formula is C12H14IN3S. The SMILES string of the molecule is NC(=S)N/N=C1\C2C3C(I)C4C5CC(C1C53)C24. The Labute approximate surface area is 119 Å². The Hall–Kier alpha value is 0.0900. The fourth-order valence-electron chi connectivity index (χ4n) is 6.49. The van der Waals surface area contributed by atoms with Crippen molar-refractivity contribution in [2.75, 3.05) is 0 Å². The molecule has 3 nitrogen and oxygen atoms in total. The van der Waals surface area contributed by atoms with E-state index in [1.54, 1.807) is 0 Å². The lowest BCUT2D eigenvalue weighted by Gasteiger charge is -2.32. The lowest BCUT2D eigenvalue weighted by Crippen LogP contribution is -2.30. The number of nitrogens with one attached hydrogen (secondary N) is 1. The molecule has 0 aliphatic heterocycles. The largest absolute Gasteiger partial charge is 0.375 e. The summed E-state index contributed by atoms with van der Waals surface area (Å²) in [4.78, 5) is 0. The molecule has 0 aromatic rings. The van der Waals surface area contributed by atoms with Crippen LogP contribution in [-0.4, -0.2) is 14.7 Å². The quantitative estimate of drug-likeness (QED) is 0.322. The predicted molar refractivity (Wildman–Crippen MR) is 77.7 cm³/mol. The second-order valence-electron chi connectivity index (χ2n) is 6.38. The van der Waals surface area contributed by atoms with E-state index < -0.39 is 0 Å². The number of hydrogen-bond donors (Lipinski definition) is 2. The summed E-state index contributed by atoms with van der Waals surface area (Å²) in [5, 5.41) is 4.88. The van der Waals surface area contributed by atoms with Crippen LogP contribution in [-0.2, 0) is 0 Å². The van der Waals surface area contributed by atoms with Gasteiger partial charge in [-0.25, -0.2) is 0 Å². The zero-order valence-corrected chi connectivity index (χ0v) is 12.2. The fourth-order valence-corrected chi connectivity index (χ4v) is 8.48. The molecule has 6 fully saturated rings. The van der Waals surface area contributed by atoms with Crippen LogP contribution in [0.25, 0.3) is 0 Å². The molecule has 0 spiro atoms. The topological polar surface area (TPSA) is 50.4 Å². The highest BCUT2D eigenvalue weighted by molar-refractivity contribution is 14.1. The fraction of sp³-hybridized carbons (Fsp3) is 0.833. The van der Waals surface area contributed by atoms with Crippen molar-refractivity contribution < 1.29 is 0 Å². The third-order valence-electron chi connectivity index (χ3n) is 6.34. The Balaban J connectivity index is 1.62. The van der Waals surface area contributed by atoms with Crippen LogP contribution in [0, 0.1) is 47.3 Å². The lowest BCUT2D eigenvalue weighted by molar-refractivity contribution is 0.132. The van der Waals surface area contributed by atoms with Gasteiger partial charge in [0, 0.05) is 21.5 Å². The molecule has 3 N–H and O–H groups in total. The number of alkyl halides is 1. The van der Waals surface area contributed by atoms with Gasteiger partial charge in [0.15, 0.2) is 5.11 Å². The van der Waals surface area contributed by atoms with Gasteiger partial charge >= 0.3 is 0 Å². The first-order valence-corrected chi connectivity index (χ1v) is 8.12. The number of hydrazone groups is 1. The smallest absolute Gasteiger partial charge is 0.184 e. The van der Waals surface area contributed by atoms with E-state index in [2.05, 4.69) is 33.1 Å². The molecule has 0 aromatic heterocycles. The Morgan fingerprint density at radius 2 is 2.00 bits per heavy atom. The molecule has 17 heavy (non-hydrogen) atoms. The Morgan fingerprint density at radius 1 is 1.24 bits per heavy atom. The Morgan fingerprint density at radius 3 is 2.71 bits per heavy atom. The molecule has 9 atom stereocenters. The van der Waals surface area contributed by atoms with Crippen LogP contribution in [0.4, 0.5) is 0 Å². The minimum Gasteiger partial charge on any atom is -0.375 e. The van der Waals surface area contributed by atoms with Gasteiger partial charge in [0.1, 0.15) is 0 Å². The van der Waals surface area contributed by atoms with Crippen LogP contribution in [0.2, 0.25) is 0 Å². The monoisotopic (exact) mass is 359 g/mol. The van der Waals surface area contributed by atoms with Crippen LogP contribution >= 0.6 is 34.8 Å². The molecular weight excluding hydrogens is 345 g/mol. The normalized spacial score (nSPS) is 65.7. The van der Waals surface area contributed by atoms with Gasteiger partial charge in [-0.2, -0.15) is 5.10 Å². The maximum Gasteiger partial charge on any atom is 0.184 e. The van der Waals surface area contributed by atoms with Crippen molar-refractivity contribution in [1.29, 1.82) is 0 Å². The molecule has 9 unspecified atom stereocenters. The van der Waals surface area contributed by atoms with Crippen LogP contribution in [0.5, 0.6) is 0 Å². The van der Waals surface area contributed by atoms with E-state index in [-0.39, 0.29) is 0 Å². The van der Waals surface area contributed by atoms with Crippen molar-refractivity contribution in [1.82, 2.24) is 5.43 Å². The van der Waals surface area contributed by atoms with Crippen LogP contribution < -0.4 is 11.2 Å². The van der Waals surface area contributed by atoms with Crippen molar-refractivity contribution in [3.05, 3.63) is 0 Å². The van der Waals surface area contributed by atoms with Gasteiger partial charge in [-0.05, 0) is 54.1 Å². The average Bonchev–Trinajstić information content (AvgIpc) is 2.97. The van der Waals surface area contributed by atoms with Gasteiger partial charge in [-0.3, -0.25) is 5.43 Å². The summed E-state index contributed by atoms with van der Waals surface area (Å²) in [7, 11) is 0. The summed E-state index contributed by atoms with van der Waals surface area (Å²) in [5.41, 5.74) is 9.78. The number of nitrogens with two attached hydrogens (primary N) is 1. The summed E-state index contributed by atoms with van der Waals surface area (Å²) in [6.45, 7) is 0. The molecule has 90 valence electrons. The molecule has 0 radical (unpaired) electrons. The predicted octanol–water partition coefficient (Wildman–Crippen LogP) is 1.37. The third kappa shape index (κ3) is 0.856. The van der Waals surface area contributed by atoms with Gasteiger partial charge in [0.2, 0.25) is 0 Å². The minimum absolute atomic E-state index is 0.307. The van der Waals surface area contributed by atoms with E-state index in [1.165, 1.54) is 12.1 Å². The van der Waals surface area contributed by atoms with Crippen molar-refractivity contribution in [2.24, 2.45) is 58.2 Å². The highest BCUT2D eigenvalue weighted by Gasteiger charge is 2.82. The number of rotatable bonds is 1. The number of halogens is 1. The highest BCUT2D eigenvalue weighted by atomic mass is 127. The third-order valence-corrected chi connectivity index (χ3v) is 8.09. The van der Waals surface area contributed by atoms with Gasteiger partial charge in [0.05, 0.1) is 0 Å². The van der Waals surface area contributed by atoms with Crippen LogP contribution in [0.1, 0.15) is 6.42 Å². The second-order valence-corrected chi connectivity index (χ2v) is 8.26. The molecule has 6 rings (SSSR count). The zero-order chi connectivity index (χ0) is 11.5. The highest BCUT2D eigenvalue weighted by Crippen LogP contribution is 2.82. The Kier molecular flexibility index (Phi) is 1.65. The van der Waals surface area contributed by atoms with E-state index in [1.807, 2.05) is 0 Å². The summed E-state index contributed by atoms with van der Waals surface area (Å²) in [5.74, 6) is 7.46. The summed E-state index contributed by atoms with van der Waals surface area (Å²) in [6.07, 6.45) is 1.49. The average molecular weight is 359 g/mol. The number of thiocarbonyl (C=S) groups is 1. The molecule has 6 saturated carbocycles. The van der Waals surface area contributed by atoms with Crippen molar-refractivity contribution in [3.8, 4) is 0 Å². The summed E-state index contributed by atoms with van der Waals surface area (Å²) >= 11 is 7.59. The van der Waals surface area contributed by atoms with E-state index >= 15 is 0 Å². The molecule has 0 amide bonds. The van der Waals surface area contributed by atoms with Crippen LogP contribution in [0.15, 0.2) is 5.10 Å². The molecule has 5 heteroatoms. The van der Waals surface area contributed by atoms with E-state index in [0.717, 1.165) is 51.3 Å². The maximum atomic E-state index is 5.50. The first-order chi connectivity index (χ1) is 8.20. The first kappa shape index (κ1) is 9.95. The molecule has 0 saturated heterocycles. The van der Waals surface area contributed by atoms with Crippen molar-refractivity contribution >= 4 is 45.6 Å². The Bertz CT molecular complexity index is 476.